The van der Waals surface area contributed by atoms with Crippen LogP contribution in [0.15, 0.2) is 30.5 Å². The van der Waals surface area contributed by atoms with Crippen molar-refractivity contribution in [1.82, 2.24) is 0 Å². The molecule has 0 aromatic heterocycles. The van der Waals surface area contributed by atoms with Gasteiger partial charge in [0.15, 0.2) is 0 Å². The van der Waals surface area contributed by atoms with Crippen LogP contribution < -0.4 is 5.32 Å². The van der Waals surface area contributed by atoms with Crippen molar-refractivity contribution in [3.05, 3.63) is 42.1 Å². The minimum Gasteiger partial charge on any atom is -0.359 e. The van der Waals surface area contributed by atoms with Crippen LogP contribution in [0, 0.1) is 11.6 Å². The topological polar surface area (TPSA) is 29.1 Å². The van der Waals surface area contributed by atoms with Gasteiger partial charge in [0, 0.05) is 18.3 Å². The average molecular weight is 251 g/mol. The second-order valence-electron chi connectivity index (χ2n) is 2.96. The third kappa shape index (κ3) is 3.86. The summed E-state index contributed by atoms with van der Waals surface area (Å²) >= 11 is 0. The van der Waals surface area contributed by atoms with Crippen molar-refractivity contribution in [2.24, 2.45) is 0 Å². The largest absolute Gasteiger partial charge is 0.454 e. The normalized spacial score (nSPS) is 11.8. The van der Waals surface area contributed by atoms with Crippen molar-refractivity contribution in [2.75, 3.05) is 5.32 Å². The van der Waals surface area contributed by atoms with Crippen LogP contribution in [0.5, 0.6) is 0 Å². The predicted molar refractivity (Wildman–Crippen MR) is 50.2 cm³/mol. The molecule has 0 fully saturated rings. The minimum absolute atomic E-state index is 0.211. The molecular formula is C10H6F5NO. The Balaban J connectivity index is 2.68. The van der Waals surface area contributed by atoms with Gasteiger partial charge in [0.25, 0.3) is 5.78 Å². The highest BCUT2D eigenvalue weighted by molar-refractivity contribution is 5.94. The van der Waals surface area contributed by atoms with Gasteiger partial charge < -0.3 is 5.32 Å². The van der Waals surface area contributed by atoms with E-state index in [0.717, 1.165) is 12.1 Å². The number of allylic oxidation sites excluding steroid dienone is 1. The summed E-state index contributed by atoms with van der Waals surface area (Å²) in [6.45, 7) is 0. The summed E-state index contributed by atoms with van der Waals surface area (Å²) in [7, 11) is 0. The first kappa shape index (κ1) is 13.1. The molecule has 92 valence electrons. The highest BCUT2D eigenvalue weighted by Gasteiger charge is 2.35. The molecule has 0 radical (unpaired) electrons. The van der Waals surface area contributed by atoms with Crippen molar-refractivity contribution in [3.8, 4) is 0 Å². The van der Waals surface area contributed by atoms with Gasteiger partial charge in [-0.1, -0.05) is 0 Å². The van der Waals surface area contributed by atoms with Crippen molar-refractivity contribution in [3.63, 3.8) is 0 Å². The van der Waals surface area contributed by atoms with E-state index in [1.54, 1.807) is 0 Å². The number of hydrogen-bond donors (Lipinski definition) is 1. The molecule has 0 aliphatic carbocycles. The van der Waals surface area contributed by atoms with E-state index in [4.69, 9.17) is 0 Å². The van der Waals surface area contributed by atoms with Crippen LogP contribution in [-0.2, 0) is 4.79 Å². The quantitative estimate of drug-likeness (QED) is 0.660. The number of ketones is 1. The lowest BCUT2D eigenvalue weighted by molar-refractivity contribution is -0.165. The molecule has 0 amide bonds. The summed E-state index contributed by atoms with van der Waals surface area (Å²) < 4.78 is 60.7. The number of rotatable bonds is 3. The standard InChI is InChI=1S/C10H6F5NO/c11-6-1-2-8(7(12)5-6)16-4-3-9(17)10(13,14)15/h1-5,16H. The number of carbonyl (C=O) groups is 1. The van der Waals surface area contributed by atoms with Crippen LogP contribution >= 0.6 is 0 Å². The Morgan fingerprint density at radius 1 is 1.24 bits per heavy atom. The highest BCUT2D eigenvalue weighted by Crippen LogP contribution is 2.17. The Kier molecular flexibility index (Phi) is 3.82. The monoisotopic (exact) mass is 251 g/mol. The lowest BCUT2D eigenvalue weighted by atomic mass is 10.3. The minimum atomic E-state index is -4.97. The molecule has 2 nitrogen and oxygen atoms in total. The molecule has 0 aliphatic rings. The summed E-state index contributed by atoms with van der Waals surface area (Å²) in [5.41, 5.74) is -0.238. The highest BCUT2D eigenvalue weighted by atomic mass is 19.4. The van der Waals surface area contributed by atoms with Crippen molar-refractivity contribution >= 4 is 11.5 Å². The van der Waals surface area contributed by atoms with Crippen molar-refractivity contribution in [2.45, 2.75) is 6.18 Å². The van der Waals surface area contributed by atoms with Gasteiger partial charge in [-0.2, -0.15) is 13.2 Å². The average Bonchev–Trinajstić information content (AvgIpc) is 2.19. The smallest absolute Gasteiger partial charge is 0.359 e. The fourth-order valence-electron chi connectivity index (χ4n) is 0.908. The molecule has 1 rings (SSSR count). The van der Waals surface area contributed by atoms with Gasteiger partial charge in [0.05, 0.1) is 5.69 Å². The molecule has 0 unspecified atom stereocenters. The zero-order valence-electron chi connectivity index (χ0n) is 8.18. The molecular weight excluding hydrogens is 245 g/mol. The summed E-state index contributed by atoms with van der Waals surface area (Å²) in [6, 6.07) is 2.47. The molecule has 1 N–H and O–H groups in total. The zero-order chi connectivity index (χ0) is 13.1. The number of benzene rings is 1. The lowest BCUT2D eigenvalue weighted by Crippen LogP contribution is -2.20. The number of nitrogens with one attached hydrogen (secondary N) is 1. The Labute approximate surface area is 92.7 Å². The first-order valence-corrected chi connectivity index (χ1v) is 4.30. The van der Waals surface area contributed by atoms with Gasteiger partial charge in [0.2, 0.25) is 0 Å². The fourth-order valence-corrected chi connectivity index (χ4v) is 0.908. The van der Waals surface area contributed by atoms with E-state index < -0.39 is 23.6 Å². The van der Waals surface area contributed by atoms with E-state index in [1.165, 1.54) is 0 Å². The molecule has 7 heteroatoms. The number of halogens is 5. The second-order valence-corrected chi connectivity index (χ2v) is 2.96. The number of carbonyl (C=O) groups excluding carboxylic acids is 1. The zero-order valence-corrected chi connectivity index (χ0v) is 8.18. The summed E-state index contributed by atoms with van der Waals surface area (Å²) in [5.74, 6) is -3.87. The van der Waals surface area contributed by atoms with E-state index in [0.29, 0.717) is 12.3 Å². The van der Waals surface area contributed by atoms with E-state index in [-0.39, 0.29) is 11.8 Å². The van der Waals surface area contributed by atoms with Crippen LogP contribution in [0.4, 0.5) is 27.6 Å². The molecule has 0 bridgehead atoms. The third-order valence-corrected chi connectivity index (χ3v) is 1.68. The van der Waals surface area contributed by atoms with E-state index in [1.807, 2.05) is 0 Å². The maximum atomic E-state index is 13.0. The van der Waals surface area contributed by atoms with Crippen LogP contribution in [0.25, 0.3) is 0 Å². The number of anilines is 1. The number of alkyl halides is 3. The van der Waals surface area contributed by atoms with Crippen LogP contribution in [0.2, 0.25) is 0 Å². The Morgan fingerprint density at radius 3 is 2.41 bits per heavy atom. The molecule has 0 atom stereocenters. The van der Waals surface area contributed by atoms with Crippen LogP contribution in [0.1, 0.15) is 0 Å². The third-order valence-electron chi connectivity index (χ3n) is 1.68. The maximum Gasteiger partial charge on any atom is 0.454 e. The first-order valence-electron chi connectivity index (χ1n) is 4.30. The predicted octanol–water partition coefficient (Wildman–Crippen LogP) is 3.02. The fraction of sp³-hybridized carbons (Fsp3) is 0.100. The molecule has 0 saturated heterocycles. The van der Waals surface area contributed by atoms with Crippen LogP contribution in [-0.4, -0.2) is 12.0 Å². The van der Waals surface area contributed by atoms with Gasteiger partial charge in [0.1, 0.15) is 11.6 Å². The Hall–Kier alpha value is -1.92. The molecule has 0 heterocycles. The van der Waals surface area contributed by atoms with Crippen molar-refractivity contribution in [1.29, 1.82) is 0 Å². The van der Waals surface area contributed by atoms with Crippen LogP contribution in [0.3, 0.4) is 0 Å². The number of hydrogen-bond acceptors (Lipinski definition) is 2. The van der Waals surface area contributed by atoms with Gasteiger partial charge in [-0.25, -0.2) is 8.78 Å². The maximum absolute atomic E-state index is 13.0. The lowest BCUT2D eigenvalue weighted by Gasteiger charge is -2.03. The molecule has 17 heavy (non-hydrogen) atoms. The molecule has 0 aliphatic heterocycles. The first-order chi connectivity index (χ1) is 7.80. The summed E-state index contributed by atoms with van der Waals surface area (Å²) in [4.78, 5) is 10.4. The van der Waals surface area contributed by atoms with E-state index in [9.17, 15) is 26.7 Å². The second kappa shape index (κ2) is 4.94. The molecule has 1 aromatic carbocycles. The van der Waals surface area contributed by atoms with Gasteiger partial charge in [-0.3, -0.25) is 4.79 Å². The van der Waals surface area contributed by atoms with Gasteiger partial charge >= 0.3 is 6.18 Å². The molecule has 1 aromatic rings. The Bertz CT molecular complexity index is 452. The summed E-state index contributed by atoms with van der Waals surface area (Å²) in [6.07, 6.45) is -4.13. The van der Waals surface area contributed by atoms with E-state index >= 15 is 0 Å². The summed E-state index contributed by atoms with van der Waals surface area (Å²) in [5, 5.41) is 2.10. The van der Waals surface area contributed by atoms with Crippen molar-refractivity contribution < 1.29 is 26.7 Å². The van der Waals surface area contributed by atoms with Gasteiger partial charge in [-0.05, 0) is 12.1 Å². The van der Waals surface area contributed by atoms with Gasteiger partial charge in [-0.15, -0.1) is 0 Å². The Morgan fingerprint density at radius 2 is 1.88 bits per heavy atom. The molecule has 0 spiro atoms. The SMILES string of the molecule is O=C(C=CNc1ccc(F)cc1F)C(F)(F)F. The van der Waals surface area contributed by atoms with E-state index in [2.05, 4.69) is 5.32 Å². The molecule has 0 saturated carbocycles.